The van der Waals surface area contributed by atoms with Gasteiger partial charge in [-0.1, -0.05) is 24.3 Å². The van der Waals surface area contributed by atoms with Crippen LogP contribution in [0.4, 0.5) is 10.1 Å². The van der Waals surface area contributed by atoms with Crippen molar-refractivity contribution in [2.75, 3.05) is 17.1 Å². The van der Waals surface area contributed by atoms with Crippen LogP contribution in [0.15, 0.2) is 48.5 Å². The lowest BCUT2D eigenvalue weighted by Gasteiger charge is -2.20. The molecule has 1 amide bonds. The van der Waals surface area contributed by atoms with Gasteiger partial charge in [0.05, 0.1) is 11.9 Å². The fourth-order valence-electron chi connectivity index (χ4n) is 2.76. The topological polar surface area (TPSA) is 75.7 Å². The number of fused-ring (bicyclic) bond motifs is 1. The molecule has 0 radical (unpaired) electrons. The average molecular weight is 378 g/mol. The first-order valence-electron chi connectivity index (χ1n) is 8.10. The maximum absolute atomic E-state index is 12.9. The van der Waals surface area contributed by atoms with E-state index in [1.165, 1.54) is 16.4 Å². The Morgan fingerprint density at radius 3 is 2.62 bits per heavy atom. The summed E-state index contributed by atoms with van der Waals surface area (Å²) in [7, 11) is -3.48. The molecule has 8 heteroatoms. The molecule has 1 N–H and O–H groups in total. The number of halogens is 1. The molecule has 1 atom stereocenters. The standard InChI is InChI=1S/C18H19FN2O4S/c1-26(23,24)21-11-10-17(25-16-5-3-2-4-15(16)21)18(22)20-12-13-6-8-14(19)9-7-13/h2-9,17H,10-12H2,1H3,(H,20,22). The van der Waals surface area contributed by atoms with E-state index in [9.17, 15) is 17.6 Å². The molecule has 6 nitrogen and oxygen atoms in total. The maximum atomic E-state index is 12.9. The molecule has 1 aliphatic rings. The minimum Gasteiger partial charge on any atom is -0.478 e. The number of ether oxygens (including phenoxy) is 1. The lowest BCUT2D eigenvalue weighted by Crippen LogP contribution is -2.39. The second-order valence-corrected chi connectivity index (χ2v) is 7.95. The summed E-state index contributed by atoms with van der Waals surface area (Å²) >= 11 is 0. The van der Waals surface area contributed by atoms with E-state index in [0.29, 0.717) is 11.4 Å². The molecule has 0 aliphatic carbocycles. The predicted molar refractivity (Wildman–Crippen MR) is 95.9 cm³/mol. The van der Waals surface area contributed by atoms with Crippen molar-refractivity contribution in [3.8, 4) is 5.75 Å². The molecule has 3 rings (SSSR count). The first-order chi connectivity index (χ1) is 12.3. The number of hydrogen-bond acceptors (Lipinski definition) is 4. The van der Waals surface area contributed by atoms with Crippen molar-refractivity contribution >= 4 is 21.6 Å². The molecule has 138 valence electrons. The van der Waals surface area contributed by atoms with Gasteiger partial charge in [0.1, 0.15) is 11.6 Å². The number of para-hydroxylation sites is 2. The van der Waals surface area contributed by atoms with Crippen molar-refractivity contribution in [2.24, 2.45) is 0 Å². The molecule has 0 aromatic heterocycles. The number of hydrogen-bond donors (Lipinski definition) is 1. The molecule has 26 heavy (non-hydrogen) atoms. The highest BCUT2D eigenvalue weighted by atomic mass is 32.2. The van der Waals surface area contributed by atoms with Gasteiger partial charge < -0.3 is 10.1 Å². The van der Waals surface area contributed by atoms with Gasteiger partial charge in [0.2, 0.25) is 10.0 Å². The largest absolute Gasteiger partial charge is 0.478 e. The van der Waals surface area contributed by atoms with Crippen molar-refractivity contribution < 1.29 is 22.3 Å². The Kier molecular flexibility index (Phi) is 5.13. The zero-order valence-electron chi connectivity index (χ0n) is 14.2. The third-order valence-electron chi connectivity index (χ3n) is 4.07. The van der Waals surface area contributed by atoms with Crippen molar-refractivity contribution in [1.82, 2.24) is 5.32 Å². The molecule has 0 saturated carbocycles. The number of rotatable bonds is 4. The van der Waals surface area contributed by atoms with Gasteiger partial charge in [-0.2, -0.15) is 0 Å². The second kappa shape index (κ2) is 7.33. The summed E-state index contributed by atoms with van der Waals surface area (Å²) in [5.74, 6) is -0.346. The molecule has 0 fully saturated rings. The van der Waals surface area contributed by atoms with Gasteiger partial charge in [-0.05, 0) is 29.8 Å². The zero-order chi connectivity index (χ0) is 18.7. The predicted octanol–water partition coefficient (Wildman–Crippen LogP) is 2.06. The molecular formula is C18H19FN2O4S. The van der Waals surface area contributed by atoms with Crippen molar-refractivity contribution in [3.05, 3.63) is 59.9 Å². The fraction of sp³-hybridized carbons (Fsp3) is 0.278. The number of nitrogens with zero attached hydrogens (tertiary/aromatic N) is 1. The Hall–Kier alpha value is -2.61. The van der Waals surface area contributed by atoms with E-state index in [-0.39, 0.29) is 31.2 Å². The van der Waals surface area contributed by atoms with E-state index in [1.54, 1.807) is 36.4 Å². The molecule has 0 spiro atoms. The van der Waals surface area contributed by atoms with Crippen LogP contribution in [0.3, 0.4) is 0 Å². The molecular weight excluding hydrogens is 359 g/mol. The Morgan fingerprint density at radius 1 is 1.23 bits per heavy atom. The number of nitrogens with one attached hydrogen (secondary N) is 1. The highest BCUT2D eigenvalue weighted by molar-refractivity contribution is 7.92. The number of benzene rings is 2. The number of carbonyl (C=O) groups excluding carboxylic acids is 1. The highest BCUT2D eigenvalue weighted by Gasteiger charge is 2.30. The lowest BCUT2D eigenvalue weighted by molar-refractivity contribution is -0.128. The van der Waals surface area contributed by atoms with Gasteiger partial charge in [0.15, 0.2) is 6.10 Å². The average Bonchev–Trinajstić information content (AvgIpc) is 2.80. The molecule has 0 saturated heterocycles. The van der Waals surface area contributed by atoms with Gasteiger partial charge in [-0.3, -0.25) is 9.10 Å². The minimum atomic E-state index is -3.48. The van der Waals surface area contributed by atoms with Crippen LogP contribution in [0.5, 0.6) is 5.75 Å². The number of anilines is 1. The SMILES string of the molecule is CS(=O)(=O)N1CCC(C(=O)NCc2ccc(F)cc2)Oc2ccccc21. The van der Waals surface area contributed by atoms with Crippen LogP contribution in [0.25, 0.3) is 0 Å². The first kappa shape index (κ1) is 18.2. The Morgan fingerprint density at radius 2 is 1.92 bits per heavy atom. The number of amides is 1. The zero-order valence-corrected chi connectivity index (χ0v) is 15.0. The van der Waals surface area contributed by atoms with E-state index >= 15 is 0 Å². The van der Waals surface area contributed by atoms with Gasteiger partial charge in [0, 0.05) is 19.5 Å². The van der Waals surface area contributed by atoms with Gasteiger partial charge in [-0.15, -0.1) is 0 Å². The Balaban J connectivity index is 1.74. The summed E-state index contributed by atoms with van der Waals surface area (Å²) in [4.78, 5) is 12.5. The molecule has 1 aliphatic heterocycles. The number of carbonyl (C=O) groups is 1. The quantitative estimate of drug-likeness (QED) is 0.884. The second-order valence-electron chi connectivity index (χ2n) is 6.04. The Labute approximate surface area is 151 Å². The highest BCUT2D eigenvalue weighted by Crippen LogP contribution is 2.33. The lowest BCUT2D eigenvalue weighted by atomic mass is 10.2. The molecule has 1 heterocycles. The third kappa shape index (κ3) is 4.13. The van der Waals surface area contributed by atoms with Gasteiger partial charge >= 0.3 is 0 Å². The molecule has 1 unspecified atom stereocenters. The van der Waals surface area contributed by atoms with E-state index in [4.69, 9.17) is 4.74 Å². The van der Waals surface area contributed by atoms with Gasteiger partial charge in [-0.25, -0.2) is 12.8 Å². The fourth-order valence-corrected chi connectivity index (χ4v) is 3.71. The normalized spacial score (nSPS) is 17.0. The van der Waals surface area contributed by atoms with Crippen molar-refractivity contribution in [2.45, 2.75) is 19.1 Å². The minimum absolute atomic E-state index is 0.143. The van der Waals surface area contributed by atoms with Crippen LogP contribution in [-0.4, -0.2) is 33.2 Å². The monoisotopic (exact) mass is 378 g/mol. The van der Waals surface area contributed by atoms with E-state index in [2.05, 4.69) is 5.32 Å². The first-order valence-corrected chi connectivity index (χ1v) is 9.95. The molecule has 2 aromatic rings. The van der Waals surface area contributed by atoms with Crippen molar-refractivity contribution in [1.29, 1.82) is 0 Å². The van der Waals surface area contributed by atoms with Crippen LogP contribution >= 0.6 is 0 Å². The molecule has 0 bridgehead atoms. The summed E-state index contributed by atoms with van der Waals surface area (Å²) in [6, 6.07) is 12.5. The van der Waals surface area contributed by atoms with Gasteiger partial charge in [0.25, 0.3) is 5.91 Å². The maximum Gasteiger partial charge on any atom is 0.261 e. The van der Waals surface area contributed by atoms with Crippen LogP contribution in [0, 0.1) is 5.82 Å². The Bertz CT molecular complexity index is 900. The van der Waals surface area contributed by atoms with E-state index < -0.39 is 16.1 Å². The summed E-state index contributed by atoms with van der Waals surface area (Å²) in [5.41, 5.74) is 1.18. The van der Waals surface area contributed by atoms with Crippen molar-refractivity contribution in [3.63, 3.8) is 0 Å². The van der Waals surface area contributed by atoms with E-state index in [0.717, 1.165) is 11.8 Å². The van der Waals surface area contributed by atoms with E-state index in [1.807, 2.05) is 0 Å². The summed E-state index contributed by atoms with van der Waals surface area (Å²) < 4.78 is 44.1. The van der Waals surface area contributed by atoms with Crippen LogP contribution in [-0.2, 0) is 21.4 Å². The summed E-state index contributed by atoms with van der Waals surface area (Å²) in [6.07, 6.45) is 0.527. The number of sulfonamides is 1. The van der Waals surface area contributed by atoms with Crippen LogP contribution in [0.2, 0.25) is 0 Å². The smallest absolute Gasteiger partial charge is 0.261 e. The summed E-state index contributed by atoms with van der Waals surface area (Å²) in [6.45, 7) is 0.376. The van der Waals surface area contributed by atoms with Crippen LogP contribution < -0.4 is 14.4 Å². The third-order valence-corrected chi connectivity index (χ3v) is 5.25. The summed E-state index contributed by atoms with van der Waals surface area (Å²) in [5, 5.41) is 2.75. The van der Waals surface area contributed by atoms with Crippen LogP contribution in [0.1, 0.15) is 12.0 Å². The molecule has 2 aromatic carbocycles.